The Balaban J connectivity index is 2.09. The van der Waals surface area contributed by atoms with E-state index in [1.165, 1.54) is 13.2 Å². The molecule has 138 valence electrons. The molecule has 0 unspecified atom stereocenters. The predicted molar refractivity (Wildman–Crippen MR) is 109 cm³/mol. The number of rotatable bonds is 3. The van der Waals surface area contributed by atoms with Gasteiger partial charge >= 0.3 is 6.03 Å². The average Bonchev–Trinajstić information content (AvgIpc) is 2.60. The smallest absolute Gasteiger partial charge is 0.335 e. The lowest BCUT2D eigenvalue weighted by Crippen LogP contribution is -2.54. The van der Waals surface area contributed by atoms with Crippen molar-refractivity contribution in [2.45, 2.75) is 6.92 Å². The molecule has 1 fully saturated rings. The lowest BCUT2D eigenvalue weighted by Gasteiger charge is -2.27. The van der Waals surface area contributed by atoms with E-state index >= 15 is 0 Å². The molecule has 4 amide bonds. The SMILES string of the molecule is COc1ccc(Br)cc1/C=C1/C(=O)NC(=O)N(c2ccc(Br)cc2C)C1=O. The Hall–Kier alpha value is -2.45. The highest BCUT2D eigenvalue weighted by Crippen LogP contribution is 2.29. The Labute approximate surface area is 172 Å². The number of aryl methyl sites for hydroxylation is 1. The summed E-state index contributed by atoms with van der Waals surface area (Å²) in [5, 5.41) is 2.22. The highest BCUT2D eigenvalue weighted by Gasteiger charge is 2.37. The van der Waals surface area contributed by atoms with E-state index in [1.807, 2.05) is 0 Å². The van der Waals surface area contributed by atoms with Gasteiger partial charge < -0.3 is 4.74 Å². The predicted octanol–water partition coefficient (Wildman–Crippen LogP) is 4.20. The monoisotopic (exact) mass is 492 g/mol. The fraction of sp³-hybridized carbons (Fsp3) is 0.105. The van der Waals surface area contributed by atoms with Crippen molar-refractivity contribution in [3.05, 3.63) is 62.0 Å². The number of hydrogen-bond acceptors (Lipinski definition) is 4. The number of halogens is 2. The van der Waals surface area contributed by atoms with Crippen LogP contribution in [0.25, 0.3) is 6.08 Å². The van der Waals surface area contributed by atoms with Crippen LogP contribution in [0.5, 0.6) is 5.75 Å². The summed E-state index contributed by atoms with van der Waals surface area (Å²) >= 11 is 6.71. The van der Waals surface area contributed by atoms with E-state index in [9.17, 15) is 14.4 Å². The number of carbonyl (C=O) groups excluding carboxylic acids is 3. The van der Waals surface area contributed by atoms with Crippen LogP contribution in [0.15, 0.2) is 50.9 Å². The molecule has 0 aromatic heterocycles. The summed E-state index contributed by atoms with van der Waals surface area (Å²) in [6.07, 6.45) is 1.41. The van der Waals surface area contributed by atoms with Crippen LogP contribution in [0.2, 0.25) is 0 Å². The minimum absolute atomic E-state index is 0.159. The van der Waals surface area contributed by atoms with Crippen LogP contribution in [0, 0.1) is 6.92 Å². The van der Waals surface area contributed by atoms with Crippen LogP contribution in [0.1, 0.15) is 11.1 Å². The number of anilines is 1. The first-order valence-corrected chi connectivity index (χ1v) is 9.41. The zero-order chi connectivity index (χ0) is 19.7. The topological polar surface area (TPSA) is 75.7 Å². The van der Waals surface area contributed by atoms with Crippen molar-refractivity contribution in [1.82, 2.24) is 5.32 Å². The van der Waals surface area contributed by atoms with Gasteiger partial charge in [-0.3, -0.25) is 14.9 Å². The van der Waals surface area contributed by atoms with Gasteiger partial charge in [-0.15, -0.1) is 0 Å². The number of methoxy groups -OCH3 is 1. The van der Waals surface area contributed by atoms with Gasteiger partial charge in [-0.25, -0.2) is 9.69 Å². The third-order valence-corrected chi connectivity index (χ3v) is 4.98. The maximum absolute atomic E-state index is 13.0. The Morgan fingerprint density at radius 2 is 1.70 bits per heavy atom. The van der Waals surface area contributed by atoms with E-state index < -0.39 is 17.8 Å². The first-order valence-electron chi connectivity index (χ1n) is 7.83. The molecule has 1 heterocycles. The molecule has 1 aliphatic heterocycles. The number of ether oxygens (including phenoxy) is 1. The molecule has 6 nitrogen and oxygen atoms in total. The molecule has 0 atom stereocenters. The minimum Gasteiger partial charge on any atom is -0.496 e. The molecular weight excluding hydrogens is 480 g/mol. The second-order valence-electron chi connectivity index (χ2n) is 5.77. The van der Waals surface area contributed by atoms with Crippen LogP contribution in [-0.4, -0.2) is 25.0 Å². The molecule has 1 aliphatic rings. The van der Waals surface area contributed by atoms with Crippen molar-refractivity contribution in [3.63, 3.8) is 0 Å². The minimum atomic E-state index is -0.784. The summed E-state index contributed by atoms with van der Waals surface area (Å²) in [5.41, 5.74) is 1.49. The summed E-state index contributed by atoms with van der Waals surface area (Å²) in [5.74, 6) is -0.955. The molecule has 8 heteroatoms. The standard InChI is InChI=1S/C19H14Br2N2O4/c1-10-7-12(20)3-5-15(10)23-18(25)14(17(24)22-19(23)26)9-11-8-13(21)4-6-16(11)27-2/h3-9H,1-2H3,(H,22,24,26)/b14-9-. The van der Waals surface area contributed by atoms with Crippen molar-refractivity contribution in [2.24, 2.45) is 0 Å². The number of amides is 4. The molecule has 0 saturated carbocycles. The fourth-order valence-electron chi connectivity index (χ4n) is 2.72. The van der Waals surface area contributed by atoms with E-state index in [1.54, 1.807) is 43.3 Å². The van der Waals surface area contributed by atoms with Crippen LogP contribution < -0.4 is 15.0 Å². The van der Waals surface area contributed by atoms with Crippen LogP contribution >= 0.6 is 31.9 Å². The van der Waals surface area contributed by atoms with Crippen LogP contribution in [-0.2, 0) is 9.59 Å². The maximum atomic E-state index is 13.0. The van der Waals surface area contributed by atoms with Gasteiger partial charge in [0, 0.05) is 14.5 Å². The van der Waals surface area contributed by atoms with Gasteiger partial charge in [-0.05, 0) is 55.0 Å². The second kappa shape index (κ2) is 7.66. The van der Waals surface area contributed by atoms with Gasteiger partial charge in [-0.2, -0.15) is 0 Å². The van der Waals surface area contributed by atoms with Crippen molar-refractivity contribution < 1.29 is 19.1 Å². The van der Waals surface area contributed by atoms with Gasteiger partial charge in [0.2, 0.25) is 0 Å². The third-order valence-electron chi connectivity index (χ3n) is 3.99. The molecule has 0 radical (unpaired) electrons. The van der Waals surface area contributed by atoms with Gasteiger partial charge in [-0.1, -0.05) is 31.9 Å². The van der Waals surface area contributed by atoms with Crippen molar-refractivity contribution >= 4 is 61.5 Å². The zero-order valence-electron chi connectivity index (χ0n) is 14.4. The highest BCUT2D eigenvalue weighted by molar-refractivity contribution is 9.10. The molecule has 0 spiro atoms. The summed E-state index contributed by atoms with van der Waals surface area (Å²) in [7, 11) is 1.50. The summed E-state index contributed by atoms with van der Waals surface area (Å²) < 4.78 is 6.86. The number of nitrogens with zero attached hydrogens (tertiary/aromatic N) is 1. The van der Waals surface area contributed by atoms with E-state index in [4.69, 9.17) is 4.74 Å². The lowest BCUT2D eigenvalue weighted by atomic mass is 10.1. The van der Waals surface area contributed by atoms with Crippen molar-refractivity contribution in [2.75, 3.05) is 12.0 Å². The first-order chi connectivity index (χ1) is 12.8. The Kier molecular flexibility index (Phi) is 5.48. The molecule has 3 rings (SSSR count). The van der Waals surface area contributed by atoms with Crippen molar-refractivity contribution in [3.8, 4) is 5.75 Å². The Morgan fingerprint density at radius 3 is 2.37 bits per heavy atom. The van der Waals surface area contributed by atoms with Gasteiger partial charge in [0.15, 0.2) is 0 Å². The Bertz CT molecular complexity index is 1000. The quantitative estimate of drug-likeness (QED) is 0.513. The molecule has 0 bridgehead atoms. The molecule has 1 N–H and O–H groups in total. The van der Waals surface area contributed by atoms with E-state index in [0.29, 0.717) is 22.6 Å². The molecule has 2 aromatic carbocycles. The molecule has 0 aliphatic carbocycles. The number of imide groups is 2. The van der Waals surface area contributed by atoms with Crippen LogP contribution in [0.3, 0.4) is 0 Å². The second-order valence-corrected chi connectivity index (χ2v) is 7.61. The Morgan fingerprint density at radius 1 is 1.04 bits per heavy atom. The van der Waals surface area contributed by atoms with Crippen LogP contribution in [0.4, 0.5) is 10.5 Å². The van der Waals surface area contributed by atoms with E-state index in [0.717, 1.165) is 13.8 Å². The fourth-order valence-corrected chi connectivity index (χ4v) is 3.57. The maximum Gasteiger partial charge on any atom is 0.335 e. The number of benzene rings is 2. The van der Waals surface area contributed by atoms with E-state index in [2.05, 4.69) is 37.2 Å². The summed E-state index contributed by atoms with van der Waals surface area (Å²) in [6, 6.07) is 9.58. The molecule has 1 saturated heterocycles. The zero-order valence-corrected chi connectivity index (χ0v) is 17.5. The number of carbonyl (C=O) groups is 3. The normalized spacial score (nSPS) is 15.9. The van der Waals surface area contributed by atoms with Gasteiger partial charge in [0.25, 0.3) is 11.8 Å². The summed E-state index contributed by atoms with van der Waals surface area (Å²) in [6.45, 7) is 1.78. The van der Waals surface area contributed by atoms with Gasteiger partial charge in [0.1, 0.15) is 11.3 Å². The molecule has 27 heavy (non-hydrogen) atoms. The average molecular weight is 494 g/mol. The highest BCUT2D eigenvalue weighted by atomic mass is 79.9. The number of hydrogen-bond donors (Lipinski definition) is 1. The van der Waals surface area contributed by atoms with Gasteiger partial charge in [0.05, 0.1) is 12.8 Å². The van der Waals surface area contributed by atoms with Crippen molar-refractivity contribution in [1.29, 1.82) is 0 Å². The third kappa shape index (κ3) is 3.81. The summed E-state index contributed by atoms with van der Waals surface area (Å²) in [4.78, 5) is 38.6. The van der Waals surface area contributed by atoms with E-state index in [-0.39, 0.29) is 5.57 Å². The number of urea groups is 1. The molecular formula is C19H14Br2N2O4. The lowest BCUT2D eigenvalue weighted by molar-refractivity contribution is -0.122. The number of barbiturate groups is 1. The first kappa shape index (κ1) is 19.3. The largest absolute Gasteiger partial charge is 0.496 e. The molecule has 2 aromatic rings. The number of nitrogens with one attached hydrogen (secondary N) is 1.